The third kappa shape index (κ3) is 3.30. The summed E-state index contributed by atoms with van der Waals surface area (Å²) in [7, 11) is 1.56. The molecule has 0 radical (unpaired) electrons. The molecule has 6 nitrogen and oxygen atoms in total. The molecule has 0 bridgehead atoms. The van der Waals surface area contributed by atoms with E-state index in [1.807, 2.05) is 24.3 Å². The molecule has 1 aliphatic carbocycles. The van der Waals surface area contributed by atoms with Crippen LogP contribution in [-0.4, -0.2) is 36.1 Å². The Labute approximate surface area is 164 Å². The summed E-state index contributed by atoms with van der Waals surface area (Å²) in [6.45, 7) is 4.39. The van der Waals surface area contributed by atoms with Crippen molar-refractivity contribution in [1.29, 1.82) is 0 Å². The Morgan fingerprint density at radius 3 is 2.68 bits per heavy atom. The van der Waals surface area contributed by atoms with Crippen LogP contribution in [0.5, 0.6) is 5.75 Å². The summed E-state index contributed by atoms with van der Waals surface area (Å²) < 4.78 is 8.12. The summed E-state index contributed by atoms with van der Waals surface area (Å²) in [4.78, 5) is 26.7. The number of rotatable bonds is 4. The van der Waals surface area contributed by atoms with Crippen LogP contribution in [0.2, 0.25) is 0 Å². The number of likely N-dealkylation sites (N-methyl/N-ethyl adjacent to an activating group) is 1. The van der Waals surface area contributed by atoms with Crippen LogP contribution in [0.4, 0.5) is 5.69 Å². The number of aromatic nitrogens is 1. The highest BCUT2D eigenvalue weighted by atomic mass is 16.5. The minimum absolute atomic E-state index is 0.166. The van der Waals surface area contributed by atoms with Gasteiger partial charge in [-0.3, -0.25) is 9.59 Å². The lowest BCUT2D eigenvalue weighted by Crippen LogP contribution is -2.49. The molecule has 146 valence electrons. The molecule has 6 heteroatoms. The Bertz CT molecular complexity index is 956. The molecule has 4 rings (SSSR count). The second-order valence-electron chi connectivity index (χ2n) is 7.40. The number of para-hydroxylation sites is 2. The van der Waals surface area contributed by atoms with E-state index in [0.717, 1.165) is 5.56 Å². The number of nitrogens with zero attached hydrogens (tertiary/aromatic N) is 2. The molecule has 28 heavy (non-hydrogen) atoms. The predicted molar refractivity (Wildman–Crippen MR) is 108 cm³/mol. The van der Waals surface area contributed by atoms with Crippen molar-refractivity contribution in [1.82, 2.24) is 9.88 Å². The average molecular weight is 379 g/mol. The molecule has 1 aromatic heterocycles. The van der Waals surface area contributed by atoms with Crippen molar-refractivity contribution in [2.24, 2.45) is 0 Å². The fourth-order valence-corrected chi connectivity index (χ4v) is 3.86. The van der Waals surface area contributed by atoms with Crippen LogP contribution in [0.1, 0.15) is 35.8 Å². The van der Waals surface area contributed by atoms with E-state index in [4.69, 9.17) is 4.74 Å². The number of ether oxygens (including phenoxy) is 1. The lowest BCUT2D eigenvalue weighted by atomic mass is 10.1. The van der Waals surface area contributed by atoms with E-state index in [1.165, 1.54) is 24.2 Å². The third-order valence-electron chi connectivity index (χ3n) is 5.42. The molecule has 2 aliphatic rings. The Morgan fingerprint density at radius 2 is 1.96 bits per heavy atom. The maximum atomic E-state index is 13.0. The van der Waals surface area contributed by atoms with E-state index < -0.39 is 6.10 Å². The molecule has 2 amide bonds. The Hall–Kier alpha value is -3.02. The minimum atomic E-state index is -0.725. The fourth-order valence-electron chi connectivity index (χ4n) is 3.86. The molecule has 0 spiro atoms. The van der Waals surface area contributed by atoms with E-state index in [2.05, 4.69) is 29.8 Å². The SMILES string of the molecule is CNC(=O)[C@@H]1CN(C(=O)/C=C/c2cc(C)n(C3CC3)c2C)c2ccccc2O1. The highest BCUT2D eigenvalue weighted by Gasteiger charge is 2.32. The first-order valence-corrected chi connectivity index (χ1v) is 9.65. The minimum Gasteiger partial charge on any atom is -0.477 e. The first kappa shape index (κ1) is 18.3. The van der Waals surface area contributed by atoms with E-state index >= 15 is 0 Å². The lowest BCUT2D eigenvalue weighted by Gasteiger charge is -2.33. The van der Waals surface area contributed by atoms with E-state index in [9.17, 15) is 9.59 Å². The Balaban J connectivity index is 1.59. The van der Waals surface area contributed by atoms with Gasteiger partial charge in [-0.1, -0.05) is 12.1 Å². The number of aryl methyl sites for hydroxylation is 1. The van der Waals surface area contributed by atoms with Crippen molar-refractivity contribution in [2.75, 3.05) is 18.5 Å². The normalized spacial score (nSPS) is 18.7. The number of hydrogen-bond donors (Lipinski definition) is 1. The van der Waals surface area contributed by atoms with Crippen LogP contribution in [0, 0.1) is 13.8 Å². The van der Waals surface area contributed by atoms with Crippen LogP contribution >= 0.6 is 0 Å². The summed E-state index contributed by atoms with van der Waals surface area (Å²) in [6, 6.07) is 10.0. The van der Waals surface area contributed by atoms with Gasteiger partial charge >= 0.3 is 0 Å². The predicted octanol–water partition coefficient (Wildman–Crippen LogP) is 2.99. The maximum absolute atomic E-state index is 13.0. The Morgan fingerprint density at radius 1 is 1.21 bits per heavy atom. The van der Waals surface area contributed by atoms with Gasteiger partial charge in [-0.25, -0.2) is 0 Å². The van der Waals surface area contributed by atoms with Gasteiger partial charge in [-0.2, -0.15) is 0 Å². The standard InChI is InChI=1S/C22H25N3O3/c1-14-12-16(15(2)25(14)17-9-10-17)8-11-21(26)24-13-20(22(27)23-3)28-19-7-5-4-6-18(19)24/h4-8,11-12,17,20H,9-10,13H2,1-3H3,(H,23,27)/b11-8+/t20-/m0/s1. The smallest absolute Gasteiger partial charge is 0.262 e. The van der Waals surface area contributed by atoms with Gasteiger partial charge in [0.25, 0.3) is 11.8 Å². The summed E-state index contributed by atoms with van der Waals surface area (Å²) in [6.07, 6.45) is 5.18. The average Bonchev–Trinajstić information content (AvgIpc) is 3.49. The molecule has 0 saturated heterocycles. The summed E-state index contributed by atoms with van der Waals surface area (Å²) in [5.74, 6) is 0.126. The molecule has 1 N–H and O–H groups in total. The van der Waals surface area contributed by atoms with Gasteiger partial charge in [-0.15, -0.1) is 0 Å². The quantitative estimate of drug-likeness (QED) is 0.831. The van der Waals surface area contributed by atoms with Crippen LogP contribution in [0.15, 0.2) is 36.4 Å². The van der Waals surface area contributed by atoms with Gasteiger partial charge in [-0.05, 0) is 56.5 Å². The number of nitrogens with one attached hydrogen (secondary N) is 1. The van der Waals surface area contributed by atoms with E-state index in [0.29, 0.717) is 17.5 Å². The first-order valence-electron chi connectivity index (χ1n) is 9.65. The van der Waals surface area contributed by atoms with Crippen molar-refractivity contribution in [2.45, 2.75) is 38.8 Å². The number of benzene rings is 1. The number of anilines is 1. The number of hydrogen-bond acceptors (Lipinski definition) is 3. The molecule has 1 aliphatic heterocycles. The second-order valence-corrected chi connectivity index (χ2v) is 7.40. The summed E-state index contributed by atoms with van der Waals surface area (Å²) in [5.41, 5.74) is 4.15. The molecule has 2 heterocycles. The van der Waals surface area contributed by atoms with Crippen molar-refractivity contribution in [3.8, 4) is 5.75 Å². The Kier molecular flexibility index (Phi) is 4.71. The lowest BCUT2D eigenvalue weighted by molar-refractivity contribution is -0.127. The highest BCUT2D eigenvalue weighted by Crippen LogP contribution is 2.38. The van der Waals surface area contributed by atoms with Crippen LogP contribution < -0.4 is 15.0 Å². The molecule has 0 unspecified atom stereocenters. The zero-order valence-corrected chi connectivity index (χ0v) is 16.4. The van der Waals surface area contributed by atoms with E-state index in [1.54, 1.807) is 24.1 Å². The zero-order valence-electron chi connectivity index (χ0n) is 16.4. The van der Waals surface area contributed by atoms with Gasteiger partial charge < -0.3 is 19.5 Å². The largest absolute Gasteiger partial charge is 0.477 e. The molecule has 1 fully saturated rings. The number of fused-ring (bicyclic) bond motifs is 1. The second kappa shape index (κ2) is 7.19. The van der Waals surface area contributed by atoms with Crippen molar-refractivity contribution in [3.63, 3.8) is 0 Å². The topological polar surface area (TPSA) is 63.6 Å². The van der Waals surface area contributed by atoms with Gasteiger partial charge in [0.15, 0.2) is 6.10 Å². The maximum Gasteiger partial charge on any atom is 0.262 e. The van der Waals surface area contributed by atoms with Gasteiger partial charge in [0.05, 0.1) is 12.2 Å². The number of carbonyl (C=O) groups is 2. The summed E-state index contributed by atoms with van der Waals surface area (Å²) >= 11 is 0. The van der Waals surface area contributed by atoms with E-state index in [-0.39, 0.29) is 18.4 Å². The first-order chi connectivity index (χ1) is 13.5. The fraction of sp³-hybridized carbons (Fsp3) is 0.364. The van der Waals surface area contributed by atoms with Crippen molar-refractivity contribution < 1.29 is 14.3 Å². The molecule has 2 aromatic rings. The summed E-state index contributed by atoms with van der Waals surface area (Å²) in [5, 5.41) is 2.59. The van der Waals surface area contributed by atoms with Crippen LogP contribution in [-0.2, 0) is 9.59 Å². The van der Waals surface area contributed by atoms with Gasteiger partial charge in [0, 0.05) is 30.6 Å². The molecule has 1 aromatic carbocycles. The van der Waals surface area contributed by atoms with Gasteiger partial charge in [0.1, 0.15) is 5.75 Å². The molecular formula is C22H25N3O3. The zero-order chi connectivity index (χ0) is 19.8. The third-order valence-corrected chi connectivity index (χ3v) is 5.42. The van der Waals surface area contributed by atoms with Crippen molar-refractivity contribution >= 4 is 23.6 Å². The van der Waals surface area contributed by atoms with Crippen molar-refractivity contribution in [3.05, 3.63) is 53.4 Å². The number of amides is 2. The van der Waals surface area contributed by atoms with Gasteiger partial charge in [0.2, 0.25) is 0 Å². The van der Waals surface area contributed by atoms with Crippen LogP contribution in [0.25, 0.3) is 6.08 Å². The monoisotopic (exact) mass is 379 g/mol. The van der Waals surface area contributed by atoms with Crippen LogP contribution in [0.3, 0.4) is 0 Å². The molecule has 1 saturated carbocycles. The highest BCUT2D eigenvalue weighted by molar-refractivity contribution is 6.05. The molecule has 1 atom stereocenters. The molecular weight excluding hydrogens is 354 g/mol. The number of carbonyl (C=O) groups excluding carboxylic acids is 2.